The molecule has 0 bridgehead atoms. The van der Waals surface area contributed by atoms with Crippen LogP contribution in [0.4, 0.5) is 13.2 Å². The fraction of sp³-hybridized carbons (Fsp3) is 0.333. The van der Waals surface area contributed by atoms with Crippen molar-refractivity contribution in [2.75, 3.05) is 7.05 Å². The molecule has 1 aromatic carbocycles. The molecule has 1 atom stereocenters. The van der Waals surface area contributed by atoms with E-state index in [-0.39, 0.29) is 16.1 Å². The molecule has 0 saturated carbocycles. The van der Waals surface area contributed by atoms with Gasteiger partial charge in [-0.2, -0.15) is 0 Å². The Morgan fingerprint density at radius 1 is 1.29 bits per heavy atom. The monoisotopic (exact) mass is 267 g/mol. The lowest BCUT2D eigenvalue weighted by Crippen LogP contribution is -2.16. The second-order valence-corrected chi connectivity index (χ2v) is 3.75. The summed E-state index contributed by atoms with van der Waals surface area (Å²) in [4.78, 5) is 0. The number of hydrogen-bond donors (Lipinski definition) is 1. The predicted octanol–water partition coefficient (Wildman–Crippen LogP) is 3.15. The maximum Gasteiger partial charge on any atom is 0.194 e. The Morgan fingerprint density at radius 3 is 2.36 bits per heavy atom. The van der Waals surface area contributed by atoms with Gasteiger partial charge in [-0.15, -0.1) is 0 Å². The third-order valence-electron chi connectivity index (χ3n) is 2.02. The van der Waals surface area contributed by atoms with Crippen molar-refractivity contribution in [1.82, 2.24) is 5.32 Å². The maximum atomic E-state index is 13.3. The molecule has 78 valence electrons. The zero-order chi connectivity index (χ0) is 10.9. The van der Waals surface area contributed by atoms with Gasteiger partial charge in [0.15, 0.2) is 17.5 Å². The second kappa shape index (κ2) is 4.31. The minimum absolute atomic E-state index is 0.0893. The smallest absolute Gasteiger partial charge is 0.194 e. The van der Waals surface area contributed by atoms with E-state index in [0.29, 0.717) is 0 Å². The van der Waals surface area contributed by atoms with E-state index in [2.05, 4.69) is 21.2 Å². The van der Waals surface area contributed by atoms with Crippen LogP contribution in [0.15, 0.2) is 10.5 Å². The van der Waals surface area contributed by atoms with E-state index < -0.39 is 17.5 Å². The zero-order valence-electron chi connectivity index (χ0n) is 7.67. The van der Waals surface area contributed by atoms with Crippen LogP contribution >= 0.6 is 15.9 Å². The normalized spacial score (nSPS) is 13.0. The Balaban J connectivity index is 3.36. The summed E-state index contributed by atoms with van der Waals surface area (Å²) in [6.07, 6.45) is 0. The standard InChI is InChI=1S/C9H9BrF3N/c1-4(14-2)7-5(10)3-6(11)8(12)9(7)13/h3-4,14H,1-2H3. The highest BCUT2D eigenvalue weighted by atomic mass is 79.9. The van der Waals surface area contributed by atoms with Gasteiger partial charge in [-0.1, -0.05) is 15.9 Å². The van der Waals surface area contributed by atoms with Crippen LogP contribution in [0, 0.1) is 17.5 Å². The van der Waals surface area contributed by atoms with E-state index in [1.165, 1.54) is 0 Å². The Morgan fingerprint density at radius 2 is 1.86 bits per heavy atom. The molecule has 0 radical (unpaired) electrons. The van der Waals surface area contributed by atoms with E-state index >= 15 is 0 Å². The second-order valence-electron chi connectivity index (χ2n) is 2.89. The number of hydrogen-bond acceptors (Lipinski definition) is 1. The molecule has 0 amide bonds. The first-order valence-electron chi connectivity index (χ1n) is 3.99. The molecular formula is C9H9BrF3N. The molecule has 1 N–H and O–H groups in total. The lowest BCUT2D eigenvalue weighted by molar-refractivity contribution is 0.431. The fourth-order valence-corrected chi connectivity index (χ4v) is 1.84. The first-order chi connectivity index (χ1) is 6.49. The molecule has 1 unspecified atom stereocenters. The van der Waals surface area contributed by atoms with E-state index in [1.54, 1.807) is 14.0 Å². The molecule has 0 fully saturated rings. The van der Waals surface area contributed by atoms with Crippen molar-refractivity contribution < 1.29 is 13.2 Å². The van der Waals surface area contributed by atoms with Crippen molar-refractivity contribution in [2.24, 2.45) is 0 Å². The van der Waals surface area contributed by atoms with Crippen molar-refractivity contribution >= 4 is 15.9 Å². The van der Waals surface area contributed by atoms with Crippen LogP contribution < -0.4 is 5.32 Å². The molecule has 1 nitrogen and oxygen atoms in total. The van der Waals surface area contributed by atoms with Gasteiger partial charge in [-0.3, -0.25) is 0 Å². The van der Waals surface area contributed by atoms with E-state index in [0.717, 1.165) is 6.07 Å². The summed E-state index contributed by atoms with van der Waals surface area (Å²) in [5, 5.41) is 2.75. The highest BCUT2D eigenvalue weighted by Gasteiger charge is 2.20. The van der Waals surface area contributed by atoms with Gasteiger partial charge in [0.2, 0.25) is 0 Å². The Hall–Kier alpha value is -0.550. The number of rotatable bonds is 2. The SMILES string of the molecule is CNC(C)c1c(Br)cc(F)c(F)c1F. The lowest BCUT2D eigenvalue weighted by atomic mass is 10.1. The first-order valence-corrected chi connectivity index (χ1v) is 4.78. The quantitative estimate of drug-likeness (QED) is 0.641. The van der Waals surface area contributed by atoms with Crippen LogP contribution in [0.1, 0.15) is 18.5 Å². The van der Waals surface area contributed by atoms with Crippen LogP contribution in [0.2, 0.25) is 0 Å². The summed E-state index contributed by atoms with van der Waals surface area (Å²) in [5.41, 5.74) is 0.0893. The van der Waals surface area contributed by atoms with Gasteiger partial charge < -0.3 is 5.32 Å². The Labute approximate surface area is 88.4 Å². The van der Waals surface area contributed by atoms with Crippen LogP contribution in [-0.4, -0.2) is 7.05 Å². The lowest BCUT2D eigenvalue weighted by Gasteiger charge is -2.14. The minimum Gasteiger partial charge on any atom is -0.313 e. The molecule has 1 aromatic rings. The van der Waals surface area contributed by atoms with Crippen molar-refractivity contribution in [3.63, 3.8) is 0 Å². The van der Waals surface area contributed by atoms with Gasteiger partial charge >= 0.3 is 0 Å². The Kier molecular flexibility index (Phi) is 3.55. The summed E-state index contributed by atoms with van der Waals surface area (Å²) < 4.78 is 39.1. The summed E-state index contributed by atoms with van der Waals surface area (Å²) >= 11 is 2.99. The number of halogens is 4. The summed E-state index contributed by atoms with van der Waals surface area (Å²) in [6, 6.07) is 0.529. The van der Waals surface area contributed by atoms with Gasteiger partial charge in [0.25, 0.3) is 0 Å². The average Bonchev–Trinajstić information content (AvgIpc) is 2.14. The molecule has 0 aliphatic heterocycles. The number of nitrogens with one attached hydrogen (secondary N) is 1. The molecule has 0 saturated heterocycles. The highest BCUT2D eigenvalue weighted by molar-refractivity contribution is 9.10. The number of benzene rings is 1. The topological polar surface area (TPSA) is 12.0 Å². The third kappa shape index (κ3) is 1.93. The van der Waals surface area contributed by atoms with Crippen molar-refractivity contribution in [3.05, 3.63) is 33.6 Å². The van der Waals surface area contributed by atoms with Gasteiger partial charge in [0.1, 0.15) is 0 Å². The average molecular weight is 268 g/mol. The van der Waals surface area contributed by atoms with Gasteiger partial charge in [-0.05, 0) is 20.0 Å². The first kappa shape index (κ1) is 11.5. The minimum atomic E-state index is -1.44. The molecule has 0 heterocycles. The highest BCUT2D eigenvalue weighted by Crippen LogP contribution is 2.29. The molecule has 14 heavy (non-hydrogen) atoms. The van der Waals surface area contributed by atoms with Crippen molar-refractivity contribution in [2.45, 2.75) is 13.0 Å². The van der Waals surface area contributed by atoms with E-state index in [4.69, 9.17) is 0 Å². The van der Waals surface area contributed by atoms with Crippen LogP contribution in [-0.2, 0) is 0 Å². The maximum absolute atomic E-state index is 13.3. The molecule has 0 aliphatic rings. The van der Waals surface area contributed by atoms with E-state index in [9.17, 15) is 13.2 Å². The van der Waals surface area contributed by atoms with Gasteiger partial charge in [0.05, 0.1) is 0 Å². The fourth-order valence-electron chi connectivity index (χ4n) is 1.12. The molecular weight excluding hydrogens is 259 g/mol. The summed E-state index contributed by atoms with van der Waals surface area (Å²) in [5.74, 6) is -3.79. The van der Waals surface area contributed by atoms with E-state index in [1.807, 2.05) is 0 Å². The van der Waals surface area contributed by atoms with Gasteiger partial charge in [0, 0.05) is 16.1 Å². The molecule has 0 aromatic heterocycles. The molecule has 0 spiro atoms. The van der Waals surface area contributed by atoms with Gasteiger partial charge in [-0.25, -0.2) is 13.2 Å². The molecule has 0 aliphatic carbocycles. The summed E-state index contributed by atoms with van der Waals surface area (Å²) in [7, 11) is 1.61. The largest absolute Gasteiger partial charge is 0.313 e. The summed E-state index contributed by atoms with van der Waals surface area (Å²) in [6.45, 7) is 1.65. The van der Waals surface area contributed by atoms with Crippen LogP contribution in [0.5, 0.6) is 0 Å². The van der Waals surface area contributed by atoms with Crippen LogP contribution in [0.3, 0.4) is 0 Å². The zero-order valence-corrected chi connectivity index (χ0v) is 9.25. The van der Waals surface area contributed by atoms with Crippen LogP contribution in [0.25, 0.3) is 0 Å². The Bertz CT molecular complexity index is 354. The molecule has 5 heteroatoms. The molecule has 1 rings (SSSR count). The van der Waals surface area contributed by atoms with Crippen molar-refractivity contribution in [1.29, 1.82) is 0 Å². The van der Waals surface area contributed by atoms with Crippen molar-refractivity contribution in [3.8, 4) is 0 Å². The third-order valence-corrected chi connectivity index (χ3v) is 2.67. The predicted molar refractivity (Wildman–Crippen MR) is 51.5 cm³/mol.